The Hall–Kier alpha value is -1.40. The molecule has 1 aromatic rings. The number of rotatable bonds is 3. The number of anilines is 1. The monoisotopic (exact) mass is 210 g/mol. The topological polar surface area (TPSA) is 45.0 Å². The number of nitrogens with zero attached hydrogens (tertiary/aromatic N) is 1. The predicted octanol–water partition coefficient (Wildman–Crippen LogP) is 2.65. The summed E-state index contributed by atoms with van der Waals surface area (Å²) in [6.45, 7) is 2.45. The first kappa shape index (κ1) is 10.7. The van der Waals surface area contributed by atoms with Gasteiger partial charge < -0.3 is 10.1 Å². The lowest BCUT2D eigenvalue weighted by Gasteiger charge is -2.11. The molecule has 0 aromatic heterocycles. The Kier molecular flexibility index (Phi) is 3.61. The van der Waals surface area contributed by atoms with Crippen LogP contribution in [-0.4, -0.2) is 13.7 Å². The standard InChI is InChI=1S/C10H11ClN2O/c1-3-14-9-5-4-8(11)7(6-12)10(9)13-2/h4-5,13H,3H2,1-2H3. The summed E-state index contributed by atoms with van der Waals surface area (Å²) in [5.74, 6) is 0.649. The second-order valence-electron chi connectivity index (χ2n) is 2.59. The van der Waals surface area contributed by atoms with E-state index in [1.807, 2.05) is 13.0 Å². The van der Waals surface area contributed by atoms with Gasteiger partial charge in [-0.3, -0.25) is 0 Å². The largest absolute Gasteiger partial charge is 0.492 e. The fraction of sp³-hybridized carbons (Fsp3) is 0.300. The van der Waals surface area contributed by atoms with Crippen LogP contribution in [-0.2, 0) is 0 Å². The third kappa shape index (κ3) is 1.91. The molecule has 0 radical (unpaired) electrons. The second-order valence-corrected chi connectivity index (χ2v) is 3.00. The molecule has 14 heavy (non-hydrogen) atoms. The summed E-state index contributed by atoms with van der Waals surface area (Å²) in [5.41, 5.74) is 1.06. The number of nitrogens with one attached hydrogen (secondary N) is 1. The van der Waals surface area contributed by atoms with E-state index < -0.39 is 0 Å². The van der Waals surface area contributed by atoms with Gasteiger partial charge in [0.15, 0.2) is 0 Å². The zero-order valence-corrected chi connectivity index (χ0v) is 8.85. The summed E-state index contributed by atoms with van der Waals surface area (Å²) < 4.78 is 5.35. The molecule has 0 spiro atoms. The lowest BCUT2D eigenvalue weighted by molar-refractivity contribution is 0.342. The Morgan fingerprint density at radius 2 is 2.29 bits per heavy atom. The Morgan fingerprint density at radius 1 is 1.57 bits per heavy atom. The number of benzene rings is 1. The molecule has 0 fully saturated rings. The maximum Gasteiger partial charge on any atom is 0.143 e. The van der Waals surface area contributed by atoms with Gasteiger partial charge in [-0.25, -0.2) is 0 Å². The molecule has 0 saturated carbocycles. The summed E-state index contributed by atoms with van der Waals surface area (Å²) in [5, 5.41) is 12.2. The number of nitriles is 1. The molecule has 1 rings (SSSR count). The van der Waals surface area contributed by atoms with Crippen molar-refractivity contribution in [3.05, 3.63) is 22.7 Å². The van der Waals surface area contributed by atoms with Crippen LogP contribution >= 0.6 is 11.6 Å². The summed E-state index contributed by atoms with van der Waals surface area (Å²) >= 11 is 5.86. The third-order valence-electron chi connectivity index (χ3n) is 1.78. The molecule has 1 aromatic carbocycles. The zero-order valence-electron chi connectivity index (χ0n) is 8.10. The molecule has 0 atom stereocenters. The van der Waals surface area contributed by atoms with Gasteiger partial charge in [-0.15, -0.1) is 0 Å². The molecule has 4 heteroatoms. The van der Waals surface area contributed by atoms with Gasteiger partial charge in [0.2, 0.25) is 0 Å². The van der Waals surface area contributed by atoms with Crippen molar-refractivity contribution < 1.29 is 4.74 Å². The van der Waals surface area contributed by atoms with Gasteiger partial charge in [-0.1, -0.05) is 11.6 Å². The van der Waals surface area contributed by atoms with E-state index >= 15 is 0 Å². The average Bonchev–Trinajstić information content (AvgIpc) is 2.20. The zero-order chi connectivity index (χ0) is 10.6. The second kappa shape index (κ2) is 4.73. The summed E-state index contributed by atoms with van der Waals surface area (Å²) in [6.07, 6.45) is 0. The van der Waals surface area contributed by atoms with E-state index in [9.17, 15) is 0 Å². The molecule has 0 saturated heterocycles. The maximum absolute atomic E-state index is 8.89. The quantitative estimate of drug-likeness (QED) is 0.834. The number of ether oxygens (including phenoxy) is 1. The van der Waals surface area contributed by atoms with E-state index in [4.69, 9.17) is 21.6 Å². The first-order valence-electron chi connectivity index (χ1n) is 4.27. The molecule has 0 aliphatic heterocycles. The predicted molar refractivity (Wildman–Crippen MR) is 56.9 cm³/mol. The molecule has 0 amide bonds. The first-order chi connectivity index (χ1) is 6.74. The maximum atomic E-state index is 8.89. The third-order valence-corrected chi connectivity index (χ3v) is 2.09. The molecule has 0 unspecified atom stereocenters. The highest BCUT2D eigenvalue weighted by molar-refractivity contribution is 6.32. The number of hydrogen-bond acceptors (Lipinski definition) is 3. The normalized spacial score (nSPS) is 9.29. The lowest BCUT2D eigenvalue weighted by Crippen LogP contribution is -2.00. The fourth-order valence-electron chi connectivity index (χ4n) is 1.19. The van der Waals surface area contributed by atoms with E-state index in [1.54, 1.807) is 19.2 Å². The van der Waals surface area contributed by atoms with Crippen molar-refractivity contribution in [3.8, 4) is 11.8 Å². The van der Waals surface area contributed by atoms with Gasteiger partial charge in [-0.05, 0) is 19.1 Å². The first-order valence-corrected chi connectivity index (χ1v) is 4.65. The Morgan fingerprint density at radius 3 is 2.79 bits per heavy atom. The van der Waals surface area contributed by atoms with Crippen LogP contribution in [0.2, 0.25) is 5.02 Å². The van der Waals surface area contributed by atoms with Crippen LogP contribution in [0.4, 0.5) is 5.69 Å². The minimum atomic E-state index is 0.417. The van der Waals surface area contributed by atoms with Gasteiger partial charge in [0.05, 0.1) is 22.9 Å². The van der Waals surface area contributed by atoms with Crippen LogP contribution in [0.15, 0.2) is 12.1 Å². The van der Waals surface area contributed by atoms with Crippen molar-refractivity contribution in [3.63, 3.8) is 0 Å². The molecule has 1 N–H and O–H groups in total. The van der Waals surface area contributed by atoms with Crippen molar-refractivity contribution in [2.75, 3.05) is 19.0 Å². The van der Waals surface area contributed by atoms with Crippen LogP contribution in [0.1, 0.15) is 12.5 Å². The minimum Gasteiger partial charge on any atom is -0.492 e. The Labute approximate surface area is 88.3 Å². The van der Waals surface area contributed by atoms with E-state index in [-0.39, 0.29) is 0 Å². The SMILES string of the molecule is CCOc1ccc(Cl)c(C#N)c1NC. The van der Waals surface area contributed by atoms with Crippen LogP contribution in [0.25, 0.3) is 0 Å². The number of halogens is 1. The van der Waals surface area contributed by atoms with E-state index in [0.717, 1.165) is 0 Å². The highest BCUT2D eigenvalue weighted by Crippen LogP contribution is 2.32. The van der Waals surface area contributed by atoms with Gasteiger partial charge in [-0.2, -0.15) is 5.26 Å². The molecule has 0 aliphatic carbocycles. The van der Waals surface area contributed by atoms with Crippen molar-refractivity contribution in [1.29, 1.82) is 5.26 Å². The van der Waals surface area contributed by atoms with Crippen LogP contribution < -0.4 is 10.1 Å². The minimum absolute atomic E-state index is 0.417. The Balaban J connectivity index is 3.27. The van der Waals surface area contributed by atoms with Crippen molar-refractivity contribution in [2.24, 2.45) is 0 Å². The van der Waals surface area contributed by atoms with Crippen LogP contribution in [0.5, 0.6) is 5.75 Å². The van der Waals surface area contributed by atoms with Crippen LogP contribution in [0, 0.1) is 11.3 Å². The van der Waals surface area contributed by atoms with Crippen molar-refractivity contribution >= 4 is 17.3 Å². The van der Waals surface area contributed by atoms with E-state index in [2.05, 4.69) is 5.32 Å². The molecular weight excluding hydrogens is 200 g/mol. The molecule has 0 heterocycles. The fourth-order valence-corrected chi connectivity index (χ4v) is 1.39. The number of hydrogen-bond donors (Lipinski definition) is 1. The van der Waals surface area contributed by atoms with Crippen molar-refractivity contribution in [1.82, 2.24) is 0 Å². The highest BCUT2D eigenvalue weighted by Gasteiger charge is 2.11. The molecule has 74 valence electrons. The van der Waals surface area contributed by atoms with Gasteiger partial charge in [0, 0.05) is 7.05 Å². The molecular formula is C10H11ClN2O. The van der Waals surface area contributed by atoms with Gasteiger partial charge in [0.25, 0.3) is 0 Å². The van der Waals surface area contributed by atoms with Gasteiger partial charge in [0.1, 0.15) is 11.8 Å². The molecule has 0 bridgehead atoms. The van der Waals surface area contributed by atoms with Gasteiger partial charge >= 0.3 is 0 Å². The summed E-state index contributed by atoms with van der Waals surface area (Å²) in [7, 11) is 1.73. The average molecular weight is 211 g/mol. The van der Waals surface area contributed by atoms with Crippen molar-refractivity contribution in [2.45, 2.75) is 6.92 Å². The lowest BCUT2D eigenvalue weighted by atomic mass is 10.2. The van der Waals surface area contributed by atoms with Crippen LogP contribution in [0.3, 0.4) is 0 Å². The summed E-state index contributed by atoms with van der Waals surface area (Å²) in [4.78, 5) is 0. The molecule has 3 nitrogen and oxygen atoms in total. The van der Waals surface area contributed by atoms with E-state index in [1.165, 1.54) is 0 Å². The highest BCUT2D eigenvalue weighted by atomic mass is 35.5. The Bertz CT molecular complexity index is 371. The smallest absolute Gasteiger partial charge is 0.143 e. The molecule has 0 aliphatic rings. The summed E-state index contributed by atoms with van der Waals surface area (Å²) in [6, 6.07) is 5.45. The van der Waals surface area contributed by atoms with E-state index in [0.29, 0.717) is 28.6 Å².